The molecule has 2 aromatic rings. The highest BCUT2D eigenvalue weighted by atomic mass is 32.1. The monoisotopic (exact) mass is 304 g/mol. The van der Waals surface area contributed by atoms with Crippen LogP contribution in [0.1, 0.15) is 31.4 Å². The zero-order valence-corrected chi connectivity index (χ0v) is 13.1. The summed E-state index contributed by atoms with van der Waals surface area (Å²) in [6.45, 7) is 4.81. The van der Waals surface area contributed by atoms with E-state index in [1.165, 1.54) is 11.3 Å². The molecular formula is C15H20N4OS. The zero-order valence-electron chi connectivity index (χ0n) is 12.2. The Kier molecular flexibility index (Phi) is 5.71. The third-order valence-corrected chi connectivity index (χ3v) is 3.72. The number of ether oxygens (including phenoxy) is 1. The van der Waals surface area contributed by atoms with Gasteiger partial charge in [-0.3, -0.25) is 5.43 Å². The number of thiazole rings is 1. The molecule has 6 heteroatoms. The van der Waals surface area contributed by atoms with Gasteiger partial charge in [0.2, 0.25) is 5.13 Å². The van der Waals surface area contributed by atoms with Crippen LogP contribution in [0.15, 0.2) is 34.7 Å². The standard InChI is InChI=1S/C15H20N4OS/c1-3-11(2)20-9-13-6-4-5-12(7-13)8-17-19-15-18-14(16)10-21-15/h4-8,10-11H,3,9,16H2,1-2H3,(H,18,19). The Morgan fingerprint density at radius 3 is 3.10 bits per heavy atom. The average molecular weight is 304 g/mol. The van der Waals surface area contributed by atoms with Crippen molar-refractivity contribution < 1.29 is 4.74 Å². The maximum atomic E-state index is 5.73. The number of hydrazone groups is 1. The maximum Gasteiger partial charge on any atom is 0.205 e. The third-order valence-electron chi connectivity index (χ3n) is 2.96. The minimum Gasteiger partial charge on any atom is -0.383 e. The average Bonchev–Trinajstić information content (AvgIpc) is 2.91. The fourth-order valence-corrected chi connectivity index (χ4v) is 2.17. The molecule has 3 N–H and O–H groups in total. The highest BCUT2D eigenvalue weighted by Crippen LogP contribution is 2.16. The van der Waals surface area contributed by atoms with Gasteiger partial charge < -0.3 is 10.5 Å². The maximum absolute atomic E-state index is 5.73. The summed E-state index contributed by atoms with van der Waals surface area (Å²) in [7, 11) is 0. The van der Waals surface area contributed by atoms with Gasteiger partial charge in [0.25, 0.3) is 0 Å². The van der Waals surface area contributed by atoms with Gasteiger partial charge >= 0.3 is 0 Å². The smallest absolute Gasteiger partial charge is 0.205 e. The number of nitrogens with one attached hydrogen (secondary N) is 1. The summed E-state index contributed by atoms with van der Waals surface area (Å²) in [4.78, 5) is 4.07. The van der Waals surface area contributed by atoms with Crippen molar-refractivity contribution in [2.45, 2.75) is 33.0 Å². The minimum absolute atomic E-state index is 0.277. The summed E-state index contributed by atoms with van der Waals surface area (Å²) in [5.41, 5.74) is 10.6. The largest absolute Gasteiger partial charge is 0.383 e. The van der Waals surface area contributed by atoms with Gasteiger partial charge in [0.15, 0.2) is 0 Å². The fraction of sp³-hybridized carbons (Fsp3) is 0.333. The third kappa shape index (κ3) is 5.17. The number of nitrogens with zero attached hydrogens (tertiary/aromatic N) is 2. The van der Waals surface area contributed by atoms with Crippen molar-refractivity contribution >= 4 is 28.5 Å². The molecule has 1 heterocycles. The van der Waals surface area contributed by atoms with E-state index in [-0.39, 0.29) is 6.10 Å². The van der Waals surface area contributed by atoms with Crippen molar-refractivity contribution in [3.63, 3.8) is 0 Å². The Hall–Kier alpha value is -1.92. The summed E-state index contributed by atoms with van der Waals surface area (Å²) >= 11 is 1.42. The van der Waals surface area contributed by atoms with Gasteiger partial charge in [-0.1, -0.05) is 25.1 Å². The second-order valence-electron chi connectivity index (χ2n) is 4.72. The number of benzene rings is 1. The summed E-state index contributed by atoms with van der Waals surface area (Å²) in [6, 6.07) is 8.10. The van der Waals surface area contributed by atoms with Gasteiger partial charge in [-0.25, -0.2) is 4.98 Å². The van der Waals surface area contributed by atoms with Crippen LogP contribution in [0.25, 0.3) is 0 Å². The SMILES string of the molecule is CCC(C)OCc1cccc(C=NNc2nc(N)cs2)c1. The van der Waals surface area contributed by atoms with Crippen LogP contribution in [0, 0.1) is 0 Å². The molecule has 1 aromatic heterocycles. The van der Waals surface area contributed by atoms with Crippen molar-refractivity contribution in [2.24, 2.45) is 5.10 Å². The summed E-state index contributed by atoms with van der Waals surface area (Å²) < 4.78 is 5.73. The molecule has 0 aliphatic carbocycles. The van der Waals surface area contributed by atoms with Crippen LogP contribution in [0.3, 0.4) is 0 Å². The lowest BCUT2D eigenvalue weighted by Gasteiger charge is -2.10. The Morgan fingerprint density at radius 2 is 2.38 bits per heavy atom. The number of nitrogens with two attached hydrogens (primary N) is 1. The molecule has 0 aliphatic rings. The number of rotatable bonds is 7. The normalized spacial score (nSPS) is 12.7. The molecule has 0 fully saturated rings. The molecule has 0 spiro atoms. The van der Waals surface area contributed by atoms with Gasteiger partial charge in [-0.05, 0) is 30.5 Å². The van der Waals surface area contributed by atoms with Gasteiger partial charge in [0, 0.05) is 5.38 Å². The van der Waals surface area contributed by atoms with E-state index < -0.39 is 0 Å². The van der Waals surface area contributed by atoms with Gasteiger partial charge in [-0.2, -0.15) is 5.10 Å². The number of hydrogen-bond acceptors (Lipinski definition) is 6. The first-order valence-electron chi connectivity index (χ1n) is 6.88. The Bertz CT molecular complexity index is 597. The van der Waals surface area contributed by atoms with E-state index in [0.29, 0.717) is 17.6 Å². The molecule has 112 valence electrons. The van der Waals surface area contributed by atoms with Crippen molar-refractivity contribution in [1.82, 2.24) is 4.98 Å². The molecule has 1 unspecified atom stereocenters. The predicted molar refractivity (Wildman–Crippen MR) is 88.7 cm³/mol. The van der Waals surface area contributed by atoms with Crippen LogP contribution in [0.4, 0.5) is 10.9 Å². The fourth-order valence-electron chi connectivity index (χ4n) is 1.62. The molecule has 2 rings (SSSR count). The van der Waals surface area contributed by atoms with Gasteiger partial charge in [-0.15, -0.1) is 11.3 Å². The molecule has 0 radical (unpaired) electrons. The quantitative estimate of drug-likeness (QED) is 0.606. The molecule has 0 bridgehead atoms. The topological polar surface area (TPSA) is 72.5 Å². The Morgan fingerprint density at radius 1 is 1.52 bits per heavy atom. The number of nitrogen functional groups attached to an aromatic ring is 1. The van der Waals surface area contributed by atoms with E-state index in [1.807, 2.05) is 12.1 Å². The first-order valence-corrected chi connectivity index (χ1v) is 7.76. The van der Waals surface area contributed by atoms with Crippen LogP contribution in [0.2, 0.25) is 0 Å². The minimum atomic E-state index is 0.277. The van der Waals surface area contributed by atoms with Crippen molar-refractivity contribution in [3.8, 4) is 0 Å². The predicted octanol–water partition coefficient (Wildman–Crippen LogP) is 3.49. The van der Waals surface area contributed by atoms with Crippen LogP contribution >= 0.6 is 11.3 Å². The van der Waals surface area contributed by atoms with Crippen molar-refractivity contribution in [3.05, 3.63) is 40.8 Å². The van der Waals surface area contributed by atoms with E-state index in [1.54, 1.807) is 11.6 Å². The molecule has 1 aromatic carbocycles. The molecule has 0 amide bonds. The first kappa shape index (κ1) is 15.5. The van der Waals surface area contributed by atoms with E-state index in [2.05, 4.69) is 41.5 Å². The van der Waals surface area contributed by atoms with Crippen LogP contribution < -0.4 is 11.2 Å². The summed E-state index contributed by atoms with van der Waals surface area (Å²) in [6.07, 6.45) is 3.05. The molecular weight excluding hydrogens is 284 g/mol. The van der Waals surface area contributed by atoms with Crippen molar-refractivity contribution in [1.29, 1.82) is 0 Å². The van der Waals surface area contributed by atoms with Crippen molar-refractivity contribution in [2.75, 3.05) is 11.2 Å². The van der Waals surface area contributed by atoms with Gasteiger partial charge in [0.1, 0.15) is 5.82 Å². The van der Waals surface area contributed by atoms with E-state index in [4.69, 9.17) is 10.5 Å². The highest BCUT2D eigenvalue weighted by molar-refractivity contribution is 7.14. The lowest BCUT2D eigenvalue weighted by atomic mass is 10.1. The van der Waals surface area contributed by atoms with Crippen LogP contribution in [0.5, 0.6) is 0 Å². The molecule has 0 aliphatic heterocycles. The summed E-state index contributed by atoms with van der Waals surface area (Å²) in [5, 5.41) is 6.60. The molecule has 0 saturated carbocycles. The Labute approximate surface area is 128 Å². The van der Waals surface area contributed by atoms with Gasteiger partial charge in [0.05, 0.1) is 18.9 Å². The van der Waals surface area contributed by atoms with Crippen LogP contribution in [-0.4, -0.2) is 17.3 Å². The Balaban J connectivity index is 1.91. The number of aromatic nitrogens is 1. The molecule has 0 saturated heterocycles. The summed E-state index contributed by atoms with van der Waals surface area (Å²) in [5.74, 6) is 0.502. The zero-order chi connectivity index (χ0) is 15.1. The highest BCUT2D eigenvalue weighted by Gasteiger charge is 2.00. The lowest BCUT2D eigenvalue weighted by molar-refractivity contribution is 0.0508. The van der Waals surface area contributed by atoms with E-state index in [9.17, 15) is 0 Å². The lowest BCUT2D eigenvalue weighted by Crippen LogP contribution is -2.06. The van der Waals surface area contributed by atoms with E-state index in [0.717, 1.165) is 17.5 Å². The number of anilines is 2. The molecule has 21 heavy (non-hydrogen) atoms. The van der Waals surface area contributed by atoms with E-state index >= 15 is 0 Å². The molecule has 1 atom stereocenters. The second kappa shape index (κ2) is 7.75. The molecule has 5 nitrogen and oxygen atoms in total. The number of hydrogen-bond donors (Lipinski definition) is 2. The van der Waals surface area contributed by atoms with Crippen LogP contribution in [-0.2, 0) is 11.3 Å². The first-order chi connectivity index (χ1) is 10.2. The second-order valence-corrected chi connectivity index (χ2v) is 5.58.